The van der Waals surface area contributed by atoms with E-state index in [2.05, 4.69) is 10.5 Å². The van der Waals surface area contributed by atoms with E-state index in [1.807, 2.05) is 24.6 Å². The molecule has 0 fully saturated rings. The SMILES string of the molecule is Cc1ccc(/C=N\Nc2ccc(C(F)(F)F)cc2[N+](=O)[O-])n1C. The molecule has 0 saturated carbocycles. The van der Waals surface area contributed by atoms with Gasteiger partial charge in [-0.25, -0.2) is 0 Å². The molecule has 23 heavy (non-hydrogen) atoms. The smallest absolute Gasteiger partial charge is 0.347 e. The normalized spacial score (nSPS) is 11.9. The standard InChI is InChI=1S/C14H13F3N4O2/c1-9-3-5-11(20(9)2)8-18-19-12-6-4-10(14(15,16)17)7-13(12)21(22)23/h3-8,19H,1-2H3/b18-8-. The summed E-state index contributed by atoms with van der Waals surface area (Å²) in [5, 5.41) is 14.8. The Morgan fingerprint density at radius 1 is 1.30 bits per heavy atom. The van der Waals surface area contributed by atoms with Gasteiger partial charge in [0.1, 0.15) is 5.69 Å². The van der Waals surface area contributed by atoms with Crippen LogP contribution in [0.2, 0.25) is 0 Å². The summed E-state index contributed by atoms with van der Waals surface area (Å²) in [6.07, 6.45) is -3.22. The number of nitrogens with one attached hydrogen (secondary N) is 1. The van der Waals surface area contributed by atoms with Crippen LogP contribution in [0, 0.1) is 17.0 Å². The minimum Gasteiger partial charge on any atom is -0.347 e. The molecule has 1 heterocycles. The summed E-state index contributed by atoms with van der Waals surface area (Å²) in [7, 11) is 1.82. The Morgan fingerprint density at radius 2 is 2.00 bits per heavy atom. The second-order valence-corrected chi connectivity index (χ2v) is 4.82. The van der Waals surface area contributed by atoms with E-state index in [9.17, 15) is 23.3 Å². The van der Waals surface area contributed by atoms with Crippen molar-refractivity contribution in [1.82, 2.24) is 4.57 Å². The second kappa shape index (κ2) is 6.11. The lowest BCUT2D eigenvalue weighted by Gasteiger charge is -2.08. The third kappa shape index (κ3) is 3.68. The fraction of sp³-hybridized carbons (Fsp3) is 0.214. The summed E-state index contributed by atoms with van der Waals surface area (Å²) >= 11 is 0. The number of hydrogen-bond donors (Lipinski definition) is 1. The Bertz CT molecular complexity index is 766. The number of anilines is 1. The minimum absolute atomic E-state index is 0.120. The highest BCUT2D eigenvalue weighted by molar-refractivity contribution is 5.79. The number of rotatable bonds is 4. The van der Waals surface area contributed by atoms with Crippen molar-refractivity contribution in [3.63, 3.8) is 0 Å². The molecule has 1 N–H and O–H groups in total. The molecule has 0 unspecified atom stereocenters. The zero-order valence-corrected chi connectivity index (χ0v) is 12.3. The number of nitro benzene ring substituents is 1. The van der Waals surface area contributed by atoms with Gasteiger partial charge in [0.05, 0.1) is 22.4 Å². The third-order valence-corrected chi connectivity index (χ3v) is 3.32. The maximum absolute atomic E-state index is 12.6. The fourth-order valence-corrected chi connectivity index (χ4v) is 1.88. The van der Waals surface area contributed by atoms with Crippen molar-refractivity contribution in [1.29, 1.82) is 0 Å². The van der Waals surface area contributed by atoms with Crippen LogP contribution in [0.15, 0.2) is 35.4 Å². The predicted octanol–water partition coefficient (Wildman–Crippen LogP) is 3.71. The number of hydrogen-bond acceptors (Lipinski definition) is 4. The lowest BCUT2D eigenvalue weighted by atomic mass is 10.1. The summed E-state index contributed by atoms with van der Waals surface area (Å²) in [5.41, 5.74) is 2.24. The summed E-state index contributed by atoms with van der Waals surface area (Å²) in [4.78, 5) is 10.0. The van der Waals surface area contributed by atoms with Crippen LogP contribution in [-0.4, -0.2) is 15.7 Å². The predicted molar refractivity (Wildman–Crippen MR) is 79.5 cm³/mol. The quantitative estimate of drug-likeness (QED) is 0.529. The average Bonchev–Trinajstić information content (AvgIpc) is 2.78. The summed E-state index contributed by atoms with van der Waals surface area (Å²) in [6, 6.07) is 5.88. The van der Waals surface area contributed by atoms with E-state index < -0.39 is 22.4 Å². The molecule has 0 atom stereocenters. The summed E-state index contributed by atoms with van der Waals surface area (Å²) in [6.45, 7) is 1.89. The Balaban J connectivity index is 2.26. The van der Waals surface area contributed by atoms with Crippen LogP contribution >= 0.6 is 0 Å². The minimum atomic E-state index is -4.65. The molecule has 122 valence electrons. The zero-order valence-electron chi connectivity index (χ0n) is 12.3. The highest BCUT2D eigenvalue weighted by Crippen LogP contribution is 2.34. The van der Waals surface area contributed by atoms with Crippen molar-refractivity contribution in [2.24, 2.45) is 12.1 Å². The Labute approximate surface area is 129 Å². The lowest BCUT2D eigenvalue weighted by Crippen LogP contribution is -2.07. The van der Waals surface area contributed by atoms with Crippen LogP contribution in [0.25, 0.3) is 0 Å². The van der Waals surface area contributed by atoms with Gasteiger partial charge in [-0.15, -0.1) is 0 Å². The maximum atomic E-state index is 12.6. The molecule has 0 radical (unpaired) electrons. The Kier molecular flexibility index (Phi) is 4.39. The molecular formula is C14H13F3N4O2. The number of nitrogens with zero attached hydrogens (tertiary/aromatic N) is 3. The Hall–Kier alpha value is -2.84. The molecule has 0 aliphatic heterocycles. The molecule has 2 aromatic rings. The van der Waals surface area contributed by atoms with Gasteiger partial charge in [-0.1, -0.05) is 0 Å². The molecule has 9 heteroatoms. The largest absolute Gasteiger partial charge is 0.416 e. The van der Waals surface area contributed by atoms with E-state index in [-0.39, 0.29) is 5.69 Å². The Morgan fingerprint density at radius 3 is 2.52 bits per heavy atom. The second-order valence-electron chi connectivity index (χ2n) is 4.82. The van der Waals surface area contributed by atoms with Crippen molar-refractivity contribution in [2.75, 3.05) is 5.43 Å². The molecular weight excluding hydrogens is 313 g/mol. The fourth-order valence-electron chi connectivity index (χ4n) is 1.88. The molecule has 0 saturated heterocycles. The van der Waals surface area contributed by atoms with E-state index in [0.717, 1.165) is 23.5 Å². The van der Waals surface area contributed by atoms with Gasteiger partial charge < -0.3 is 4.57 Å². The van der Waals surface area contributed by atoms with Gasteiger partial charge in [0, 0.05) is 18.8 Å². The molecule has 2 rings (SSSR count). The number of hydrazone groups is 1. The van der Waals surface area contributed by atoms with Crippen molar-refractivity contribution in [3.8, 4) is 0 Å². The molecule has 0 bridgehead atoms. The van der Waals surface area contributed by atoms with Crippen LogP contribution in [0.4, 0.5) is 24.5 Å². The first-order valence-corrected chi connectivity index (χ1v) is 6.47. The van der Waals surface area contributed by atoms with Crippen LogP contribution in [0.1, 0.15) is 17.0 Å². The van der Waals surface area contributed by atoms with E-state index in [0.29, 0.717) is 6.07 Å². The maximum Gasteiger partial charge on any atom is 0.416 e. The molecule has 0 aliphatic carbocycles. The number of halogens is 3. The highest BCUT2D eigenvalue weighted by Gasteiger charge is 2.33. The van der Waals surface area contributed by atoms with Crippen LogP contribution in [-0.2, 0) is 13.2 Å². The summed E-state index contributed by atoms with van der Waals surface area (Å²) < 4.78 is 39.7. The zero-order chi connectivity index (χ0) is 17.2. The van der Waals surface area contributed by atoms with Gasteiger partial charge >= 0.3 is 6.18 Å². The van der Waals surface area contributed by atoms with Gasteiger partial charge in [-0.2, -0.15) is 18.3 Å². The molecule has 0 aliphatic rings. The van der Waals surface area contributed by atoms with Crippen molar-refractivity contribution in [3.05, 3.63) is 57.4 Å². The van der Waals surface area contributed by atoms with Gasteiger partial charge in [0.25, 0.3) is 5.69 Å². The van der Waals surface area contributed by atoms with Crippen molar-refractivity contribution < 1.29 is 18.1 Å². The molecule has 6 nitrogen and oxygen atoms in total. The van der Waals surface area contributed by atoms with Gasteiger partial charge in [0.2, 0.25) is 0 Å². The first kappa shape index (κ1) is 16.5. The molecule has 0 amide bonds. The number of alkyl halides is 3. The summed E-state index contributed by atoms with van der Waals surface area (Å²) in [5.74, 6) is 0. The number of nitro groups is 1. The molecule has 0 spiro atoms. The van der Waals surface area contributed by atoms with E-state index >= 15 is 0 Å². The topological polar surface area (TPSA) is 72.5 Å². The first-order valence-electron chi connectivity index (χ1n) is 6.47. The van der Waals surface area contributed by atoms with E-state index in [1.165, 1.54) is 6.21 Å². The number of aryl methyl sites for hydroxylation is 1. The number of aromatic nitrogens is 1. The molecule has 1 aromatic carbocycles. The van der Waals surface area contributed by atoms with Gasteiger partial charge in [-0.05, 0) is 31.2 Å². The third-order valence-electron chi connectivity index (χ3n) is 3.32. The van der Waals surface area contributed by atoms with Crippen LogP contribution < -0.4 is 5.43 Å². The van der Waals surface area contributed by atoms with Crippen molar-refractivity contribution in [2.45, 2.75) is 13.1 Å². The lowest BCUT2D eigenvalue weighted by molar-refractivity contribution is -0.384. The highest BCUT2D eigenvalue weighted by atomic mass is 19.4. The van der Waals surface area contributed by atoms with E-state index in [1.54, 1.807) is 6.07 Å². The molecule has 1 aromatic heterocycles. The van der Waals surface area contributed by atoms with Gasteiger partial charge in [0.15, 0.2) is 0 Å². The average molecular weight is 326 g/mol. The van der Waals surface area contributed by atoms with Crippen molar-refractivity contribution >= 4 is 17.6 Å². The first-order chi connectivity index (χ1) is 10.7. The van der Waals surface area contributed by atoms with E-state index in [4.69, 9.17) is 0 Å². The number of benzene rings is 1. The van der Waals surface area contributed by atoms with Crippen LogP contribution in [0.5, 0.6) is 0 Å². The van der Waals surface area contributed by atoms with Crippen LogP contribution in [0.3, 0.4) is 0 Å². The van der Waals surface area contributed by atoms with Gasteiger partial charge in [-0.3, -0.25) is 15.5 Å². The monoisotopic (exact) mass is 326 g/mol.